The average molecular weight is 526 g/mol. The zero-order valence-corrected chi connectivity index (χ0v) is 21.9. The van der Waals surface area contributed by atoms with E-state index in [1.54, 1.807) is 6.07 Å². The monoisotopic (exact) mass is 525 g/mol. The van der Waals surface area contributed by atoms with Crippen molar-refractivity contribution >= 4 is 11.4 Å². The van der Waals surface area contributed by atoms with Gasteiger partial charge in [0.25, 0.3) is 0 Å². The molecule has 0 aromatic heterocycles. The molecule has 198 valence electrons. The van der Waals surface area contributed by atoms with Crippen LogP contribution in [0.3, 0.4) is 0 Å². The second-order valence-corrected chi connectivity index (χ2v) is 9.80. The van der Waals surface area contributed by atoms with E-state index >= 15 is 0 Å². The molecular weight excluding hydrogens is 490 g/mol. The van der Waals surface area contributed by atoms with Crippen molar-refractivity contribution in [3.8, 4) is 11.5 Å². The molecule has 8 heteroatoms. The maximum atomic E-state index is 10.8. The van der Waals surface area contributed by atoms with Gasteiger partial charge in [0, 0.05) is 19.6 Å². The maximum Gasteiger partial charge on any atom is 0.340 e. The first-order valence-corrected chi connectivity index (χ1v) is 13.7. The lowest BCUT2D eigenvalue weighted by Gasteiger charge is -2.35. The summed E-state index contributed by atoms with van der Waals surface area (Å²) < 4.78 is 30.1. The first-order valence-electron chi connectivity index (χ1n) is 12.7. The maximum absolute atomic E-state index is 10.8. The van der Waals surface area contributed by atoms with E-state index in [9.17, 15) is 4.21 Å². The summed E-state index contributed by atoms with van der Waals surface area (Å²) in [6, 6.07) is 25.0. The Morgan fingerprint density at radius 3 is 2.32 bits per heavy atom. The zero-order valence-electron chi connectivity index (χ0n) is 21.1. The molecule has 2 aliphatic rings. The van der Waals surface area contributed by atoms with Crippen molar-refractivity contribution < 1.29 is 27.8 Å². The highest BCUT2D eigenvalue weighted by molar-refractivity contribution is 7.74. The van der Waals surface area contributed by atoms with Gasteiger partial charge < -0.3 is 14.7 Å². The number of likely N-dealkylation sites (tertiary alicyclic amines) is 1. The molecule has 0 saturated carbocycles. The predicted octanol–water partition coefficient (Wildman–Crippen LogP) is 5.08. The lowest BCUT2D eigenvalue weighted by molar-refractivity contribution is -0.0939. The van der Waals surface area contributed by atoms with Crippen LogP contribution in [0.25, 0.3) is 0 Å². The summed E-state index contributed by atoms with van der Waals surface area (Å²) in [6.45, 7) is 4.05. The fourth-order valence-corrected chi connectivity index (χ4v) is 5.59. The number of nitrogens with zero attached hydrogens (tertiary/aromatic N) is 1. The van der Waals surface area contributed by atoms with E-state index < -0.39 is 11.4 Å². The van der Waals surface area contributed by atoms with Crippen LogP contribution in [0.15, 0.2) is 72.8 Å². The second-order valence-electron chi connectivity index (χ2n) is 9.23. The fourth-order valence-electron chi connectivity index (χ4n) is 5.46. The summed E-state index contributed by atoms with van der Waals surface area (Å²) in [7, 11) is 1.00. The normalized spacial score (nSPS) is 19.9. The average Bonchev–Trinajstić information content (AvgIpc) is 3.47. The number of hydrogen-bond acceptors (Lipinski definition) is 6. The van der Waals surface area contributed by atoms with Gasteiger partial charge in [0.2, 0.25) is 0 Å². The van der Waals surface area contributed by atoms with Crippen LogP contribution < -0.4 is 9.62 Å². The topological polar surface area (TPSA) is 88.5 Å². The molecule has 1 aliphatic carbocycles. The van der Waals surface area contributed by atoms with Crippen LogP contribution >= 0.6 is 0 Å². The molecule has 0 spiro atoms. The molecule has 3 atom stereocenters. The van der Waals surface area contributed by atoms with Gasteiger partial charge in [-0.15, -0.1) is 0 Å². The third-order valence-corrected chi connectivity index (χ3v) is 7.29. The minimum atomic E-state index is -2.48. The SMILES string of the molecule is CO.O=S(O)OOc1ccc2c(c1)CC[C@H](c1ccccc1)[C@@H]2c1ccc(OCCN2CCCC2)cc1. The molecule has 7 nitrogen and oxygen atoms in total. The van der Waals surface area contributed by atoms with Gasteiger partial charge in [0.05, 0.1) is 0 Å². The highest BCUT2D eigenvalue weighted by Crippen LogP contribution is 2.47. The lowest BCUT2D eigenvalue weighted by Crippen LogP contribution is -2.25. The standard InChI is InChI=1S/C28H31NO5S.CH4O/c30-35(31)34-33-25-13-15-27-23(20-25)10-14-26(21-6-2-1-3-7-21)28(27)22-8-11-24(12-9-22)32-19-18-29-16-4-5-17-29;1-2/h1-3,6-9,11-13,15,20,26,28H,4-5,10,14,16-19H2,(H,30,31);2H,1H3/t26-,28+;/m1./s1. The van der Waals surface area contributed by atoms with Gasteiger partial charge in [-0.3, -0.25) is 9.45 Å². The molecular formula is C29H35NO6S. The highest BCUT2D eigenvalue weighted by atomic mass is 32.2. The minimum Gasteiger partial charge on any atom is -0.492 e. The van der Waals surface area contributed by atoms with Crippen molar-refractivity contribution in [2.24, 2.45) is 0 Å². The predicted molar refractivity (Wildman–Crippen MR) is 144 cm³/mol. The molecule has 3 aromatic carbocycles. The van der Waals surface area contributed by atoms with Gasteiger partial charge in [0.15, 0.2) is 5.75 Å². The van der Waals surface area contributed by atoms with Crippen molar-refractivity contribution in [2.75, 3.05) is 33.4 Å². The van der Waals surface area contributed by atoms with Gasteiger partial charge in [-0.25, -0.2) is 0 Å². The van der Waals surface area contributed by atoms with Gasteiger partial charge in [-0.05, 0) is 91.2 Å². The molecule has 5 rings (SSSR count). The van der Waals surface area contributed by atoms with Gasteiger partial charge in [0.1, 0.15) is 12.4 Å². The second kappa shape index (κ2) is 13.7. The first kappa shape index (κ1) is 27.3. The van der Waals surface area contributed by atoms with Crippen LogP contribution in [0.4, 0.5) is 0 Å². The number of aliphatic hydroxyl groups is 1. The van der Waals surface area contributed by atoms with Crippen molar-refractivity contribution in [1.82, 2.24) is 4.90 Å². The molecule has 0 bridgehead atoms. The largest absolute Gasteiger partial charge is 0.492 e. The Bertz CT molecular complexity index is 1130. The quantitative estimate of drug-likeness (QED) is 0.229. The number of aliphatic hydroxyl groups excluding tert-OH is 1. The Hall–Kier alpha value is -2.75. The summed E-state index contributed by atoms with van der Waals surface area (Å²) in [5.74, 6) is 1.85. The fraction of sp³-hybridized carbons (Fsp3) is 0.379. The molecule has 1 saturated heterocycles. The number of benzene rings is 3. The van der Waals surface area contributed by atoms with Crippen LogP contribution in [0.1, 0.15) is 53.4 Å². The van der Waals surface area contributed by atoms with Crippen LogP contribution in [0.2, 0.25) is 0 Å². The first-order chi connectivity index (χ1) is 18.2. The summed E-state index contributed by atoms with van der Waals surface area (Å²) in [5.41, 5.74) is 4.98. The van der Waals surface area contributed by atoms with Crippen LogP contribution in [-0.4, -0.2) is 52.1 Å². The third kappa shape index (κ3) is 7.18. The summed E-state index contributed by atoms with van der Waals surface area (Å²) in [6.07, 6.45) is 4.47. The number of aryl methyl sites for hydroxylation is 1. The number of fused-ring (bicyclic) bond motifs is 1. The van der Waals surface area contributed by atoms with Crippen molar-refractivity contribution in [1.29, 1.82) is 0 Å². The molecule has 3 aromatic rings. The van der Waals surface area contributed by atoms with Gasteiger partial charge in [-0.1, -0.05) is 52.9 Å². The molecule has 1 fully saturated rings. The van der Waals surface area contributed by atoms with Crippen molar-refractivity contribution in [3.63, 3.8) is 0 Å². The van der Waals surface area contributed by atoms with E-state index in [1.165, 1.54) is 42.6 Å². The molecule has 1 aliphatic heterocycles. The van der Waals surface area contributed by atoms with Crippen LogP contribution in [0.5, 0.6) is 11.5 Å². The van der Waals surface area contributed by atoms with E-state index in [0.29, 0.717) is 18.3 Å². The summed E-state index contributed by atoms with van der Waals surface area (Å²) in [5, 5.41) is 7.00. The van der Waals surface area contributed by atoms with Crippen LogP contribution in [-0.2, 0) is 22.1 Å². The van der Waals surface area contributed by atoms with Crippen molar-refractivity contribution in [3.05, 3.63) is 95.1 Å². The van der Waals surface area contributed by atoms with E-state index in [4.69, 9.17) is 19.3 Å². The molecule has 2 N–H and O–H groups in total. The van der Waals surface area contributed by atoms with Gasteiger partial charge in [-0.2, -0.15) is 4.21 Å². The van der Waals surface area contributed by atoms with E-state index in [-0.39, 0.29) is 5.92 Å². The van der Waals surface area contributed by atoms with E-state index in [1.807, 2.05) is 6.07 Å². The van der Waals surface area contributed by atoms with Crippen molar-refractivity contribution in [2.45, 2.75) is 37.5 Å². The highest BCUT2D eigenvalue weighted by Gasteiger charge is 2.32. The van der Waals surface area contributed by atoms with Crippen LogP contribution in [0, 0.1) is 0 Å². The summed E-state index contributed by atoms with van der Waals surface area (Å²) >= 11 is -2.48. The van der Waals surface area contributed by atoms with Gasteiger partial charge >= 0.3 is 11.4 Å². The number of rotatable bonds is 9. The zero-order chi connectivity index (χ0) is 26.0. The molecule has 0 radical (unpaired) electrons. The molecule has 1 unspecified atom stereocenters. The smallest absolute Gasteiger partial charge is 0.340 e. The third-order valence-electron chi connectivity index (χ3n) is 7.11. The van der Waals surface area contributed by atoms with E-state index in [0.717, 1.165) is 37.8 Å². The molecule has 0 amide bonds. The Morgan fingerprint density at radius 2 is 1.62 bits per heavy atom. The summed E-state index contributed by atoms with van der Waals surface area (Å²) in [4.78, 5) is 7.46. The lowest BCUT2D eigenvalue weighted by atomic mass is 9.69. The Balaban J connectivity index is 0.00000156. The number of hydrogen-bond donors (Lipinski definition) is 2. The Kier molecular flexibility index (Phi) is 10.1. The minimum absolute atomic E-state index is 0.182. The Labute approximate surface area is 221 Å². The Morgan fingerprint density at radius 1 is 0.919 bits per heavy atom. The molecule has 37 heavy (non-hydrogen) atoms. The van der Waals surface area contributed by atoms with E-state index in [2.05, 4.69) is 69.9 Å². The molecule has 1 heterocycles. The number of ether oxygens (including phenoxy) is 1.